The summed E-state index contributed by atoms with van der Waals surface area (Å²) in [6.45, 7) is 0. The van der Waals surface area contributed by atoms with Crippen LogP contribution in [0.4, 0.5) is 0 Å². The number of carboxylic acids is 1. The number of rotatable bonds is 3. The molecule has 0 saturated carbocycles. The zero-order valence-corrected chi connectivity index (χ0v) is 12.2. The summed E-state index contributed by atoms with van der Waals surface area (Å²) < 4.78 is 0.704. The minimum absolute atomic E-state index is 0.170. The standard InChI is InChI=1S/C13H8ClNO2S2/c1-18-13-9(6-15)10(11(19-13)12(16)17)7-3-2-4-8(14)5-7/h2-5H,1H3,(H,16,17). The quantitative estimate of drug-likeness (QED) is 0.856. The second kappa shape index (κ2) is 5.66. The molecule has 1 N–H and O–H groups in total. The third-order valence-electron chi connectivity index (χ3n) is 2.48. The Balaban J connectivity index is 2.77. The van der Waals surface area contributed by atoms with E-state index in [2.05, 4.69) is 6.07 Å². The molecule has 1 aromatic heterocycles. The Bertz CT molecular complexity index is 688. The van der Waals surface area contributed by atoms with E-state index in [9.17, 15) is 15.2 Å². The van der Waals surface area contributed by atoms with E-state index in [1.807, 2.05) is 6.26 Å². The highest BCUT2D eigenvalue weighted by molar-refractivity contribution is 8.00. The van der Waals surface area contributed by atoms with Gasteiger partial charge >= 0.3 is 5.97 Å². The van der Waals surface area contributed by atoms with Crippen LogP contribution in [0.2, 0.25) is 5.02 Å². The summed E-state index contributed by atoms with van der Waals surface area (Å²) in [7, 11) is 0. The molecule has 0 spiro atoms. The number of benzene rings is 1. The molecule has 3 nitrogen and oxygen atoms in total. The molecule has 0 aliphatic carbocycles. The van der Waals surface area contributed by atoms with Gasteiger partial charge in [-0.05, 0) is 24.0 Å². The predicted octanol–water partition coefficient (Wildman–Crippen LogP) is 4.36. The molecular weight excluding hydrogens is 302 g/mol. The van der Waals surface area contributed by atoms with Crippen LogP contribution in [0, 0.1) is 11.3 Å². The summed E-state index contributed by atoms with van der Waals surface area (Å²) in [5.74, 6) is -1.03. The monoisotopic (exact) mass is 309 g/mol. The number of hydrogen-bond acceptors (Lipinski definition) is 4. The lowest BCUT2D eigenvalue weighted by atomic mass is 10.0. The molecule has 19 heavy (non-hydrogen) atoms. The molecular formula is C13H8ClNO2S2. The Kier molecular flexibility index (Phi) is 4.15. The predicted molar refractivity (Wildman–Crippen MR) is 78.2 cm³/mol. The van der Waals surface area contributed by atoms with Gasteiger partial charge in [0.05, 0.1) is 9.77 Å². The number of hydrogen-bond donors (Lipinski definition) is 1. The maximum Gasteiger partial charge on any atom is 0.346 e. The van der Waals surface area contributed by atoms with E-state index in [0.717, 1.165) is 11.3 Å². The molecule has 0 unspecified atom stereocenters. The number of carbonyl (C=O) groups is 1. The van der Waals surface area contributed by atoms with Gasteiger partial charge < -0.3 is 5.11 Å². The lowest BCUT2D eigenvalue weighted by molar-refractivity contribution is 0.0703. The summed E-state index contributed by atoms with van der Waals surface area (Å²) in [5, 5.41) is 19.1. The molecule has 0 amide bonds. The van der Waals surface area contributed by atoms with E-state index in [1.165, 1.54) is 11.8 Å². The van der Waals surface area contributed by atoms with E-state index in [1.54, 1.807) is 24.3 Å². The molecule has 0 radical (unpaired) electrons. The summed E-state index contributed by atoms with van der Waals surface area (Å²) in [6, 6.07) is 8.96. The van der Waals surface area contributed by atoms with Gasteiger partial charge in [-0.15, -0.1) is 23.1 Å². The van der Waals surface area contributed by atoms with E-state index in [4.69, 9.17) is 11.6 Å². The molecule has 0 atom stereocenters. The highest BCUT2D eigenvalue weighted by Gasteiger charge is 2.23. The van der Waals surface area contributed by atoms with Gasteiger partial charge in [-0.2, -0.15) is 5.26 Å². The lowest BCUT2D eigenvalue weighted by Crippen LogP contribution is -1.95. The first-order valence-electron chi connectivity index (χ1n) is 5.18. The lowest BCUT2D eigenvalue weighted by Gasteiger charge is -2.02. The van der Waals surface area contributed by atoms with Gasteiger partial charge in [0, 0.05) is 10.6 Å². The Morgan fingerprint density at radius 3 is 2.79 bits per heavy atom. The van der Waals surface area contributed by atoms with E-state index in [0.29, 0.717) is 25.9 Å². The Morgan fingerprint density at radius 1 is 1.53 bits per heavy atom. The molecule has 6 heteroatoms. The normalized spacial score (nSPS) is 10.2. The van der Waals surface area contributed by atoms with Crippen LogP contribution in [0.3, 0.4) is 0 Å². The molecule has 1 aromatic carbocycles. The number of thiophene rings is 1. The van der Waals surface area contributed by atoms with Gasteiger partial charge in [0.1, 0.15) is 10.9 Å². The average Bonchev–Trinajstić information content (AvgIpc) is 2.77. The van der Waals surface area contributed by atoms with Gasteiger partial charge in [-0.25, -0.2) is 4.79 Å². The maximum atomic E-state index is 11.3. The number of thioether (sulfide) groups is 1. The summed E-state index contributed by atoms with van der Waals surface area (Å²) in [6.07, 6.45) is 1.82. The van der Waals surface area contributed by atoms with Crippen LogP contribution in [-0.2, 0) is 0 Å². The van der Waals surface area contributed by atoms with Crippen molar-refractivity contribution >= 4 is 40.7 Å². The zero-order chi connectivity index (χ0) is 14.0. The molecule has 0 aliphatic rings. The van der Waals surface area contributed by atoms with Crippen LogP contribution in [0.5, 0.6) is 0 Å². The van der Waals surface area contributed by atoms with Crippen molar-refractivity contribution in [3.05, 3.63) is 39.7 Å². The summed E-state index contributed by atoms with van der Waals surface area (Å²) in [4.78, 5) is 11.5. The SMILES string of the molecule is CSc1sc(C(=O)O)c(-c2cccc(Cl)c2)c1C#N. The smallest absolute Gasteiger partial charge is 0.346 e. The van der Waals surface area contributed by atoms with Crippen LogP contribution in [0.15, 0.2) is 28.5 Å². The van der Waals surface area contributed by atoms with E-state index >= 15 is 0 Å². The number of aromatic carboxylic acids is 1. The van der Waals surface area contributed by atoms with Crippen molar-refractivity contribution in [2.24, 2.45) is 0 Å². The minimum Gasteiger partial charge on any atom is -0.477 e. The molecule has 2 aromatic rings. The zero-order valence-electron chi connectivity index (χ0n) is 9.81. The highest BCUT2D eigenvalue weighted by atomic mass is 35.5. The van der Waals surface area contributed by atoms with Crippen molar-refractivity contribution < 1.29 is 9.90 Å². The number of nitrogens with zero attached hydrogens (tertiary/aromatic N) is 1. The number of carboxylic acid groups (broad SMARTS) is 1. The summed E-state index contributed by atoms with van der Waals surface area (Å²) >= 11 is 8.42. The second-order valence-electron chi connectivity index (χ2n) is 3.60. The largest absolute Gasteiger partial charge is 0.477 e. The molecule has 2 rings (SSSR count). The van der Waals surface area contributed by atoms with E-state index in [-0.39, 0.29) is 4.88 Å². The van der Waals surface area contributed by atoms with Crippen LogP contribution in [0.25, 0.3) is 11.1 Å². The maximum absolute atomic E-state index is 11.3. The Morgan fingerprint density at radius 2 is 2.26 bits per heavy atom. The molecule has 0 bridgehead atoms. The van der Waals surface area contributed by atoms with Crippen LogP contribution >= 0.6 is 34.7 Å². The Labute approximate surface area is 123 Å². The molecule has 0 aliphatic heterocycles. The van der Waals surface area contributed by atoms with Crippen molar-refractivity contribution in [3.8, 4) is 17.2 Å². The van der Waals surface area contributed by atoms with Gasteiger partial charge in [0.25, 0.3) is 0 Å². The molecule has 96 valence electrons. The third-order valence-corrected chi connectivity index (χ3v) is 5.01. The molecule has 0 saturated heterocycles. The second-order valence-corrected chi connectivity index (χ2v) is 6.13. The van der Waals surface area contributed by atoms with Gasteiger partial charge in [0.15, 0.2) is 0 Å². The molecule has 0 fully saturated rings. The first-order chi connectivity index (χ1) is 9.08. The minimum atomic E-state index is -1.03. The van der Waals surface area contributed by atoms with E-state index < -0.39 is 5.97 Å². The van der Waals surface area contributed by atoms with Crippen molar-refractivity contribution in [1.29, 1.82) is 5.26 Å². The van der Waals surface area contributed by atoms with Crippen molar-refractivity contribution in [3.63, 3.8) is 0 Å². The highest BCUT2D eigenvalue weighted by Crippen LogP contribution is 2.41. The molecule has 1 heterocycles. The topological polar surface area (TPSA) is 61.1 Å². The third kappa shape index (κ3) is 2.61. The summed E-state index contributed by atoms with van der Waals surface area (Å²) in [5.41, 5.74) is 1.50. The first kappa shape index (κ1) is 13.9. The number of halogens is 1. The fourth-order valence-electron chi connectivity index (χ4n) is 1.73. The van der Waals surface area contributed by atoms with Gasteiger partial charge in [-0.1, -0.05) is 23.7 Å². The van der Waals surface area contributed by atoms with Crippen molar-refractivity contribution in [2.45, 2.75) is 4.21 Å². The first-order valence-corrected chi connectivity index (χ1v) is 7.60. The van der Waals surface area contributed by atoms with Crippen molar-refractivity contribution in [2.75, 3.05) is 6.26 Å². The fourth-order valence-corrected chi connectivity index (χ4v) is 3.70. The van der Waals surface area contributed by atoms with Crippen LogP contribution in [0.1, 0.15) is 15.2 Å². The van der Waals surface area contributed by atoms with Crippen LogP contribution < -0.4 is 0 Å². The Hall–Kier alpha value is -1.48. The number of nitriles is 1. The van der Waals surface area contributed by atoms with Crippen LogP contribution in [-0.4, -0.2) is 17.3 Å². The average molecular weight is 310 g/mol. The van der Waals surface area contributed by atoms with Gasteiger partial charge in [-0.3, -0.25) is 0 Å². The van der Waals surface area contributed by atoms with Crippen molar-refractivity contribution in [1.82, 2.24) is 0 Å². The van der Waals surface area contributed by atoms with Gasteiger partial charge in [0.2, 0.25) is 0 Å². The fraction of sp³-hybridized carbons (Fsp3) is 0.0769.